The second-order valence-electron chi connectivity index (χ2n) is 6.10. The summed E-state index contributed by atoms with van der Waals surface area (Å²) in [6, 6.07) is 14.9. The van der Waals surface area contributed by atoms with Crippen LogP contribution in [0, 0.1) is 24.1 Å². The maximum atomic E-state index is 13.3. The third-order valence-electron chi connectivity index (χ3n) is 4.15. The number of benzene rings is 2. The number of hydrogen-bond acceptors (Lipinski definition) is 4. The van der Waals surface area contributed by atoms with Crippen LogP contribution in [-0.4, -0.2) is 17.1 Å². The highest BCUT2D eigenvalue weighted by Crippen LogP contribution is 2.41. The molecule has 0 saturated carbocycles. The fraction of sp³-hybridized carbons (Fsp3) is 0.150. The quantitative estimate of drug-likeness (QED) is 0.651. The fourth-order valence-corrected chi connectivity index (χ4v) is 4.08. The summed E-state index contributed by atoms with van der Waals surface area (Å²) in [5, 5.41) is 9.00. The Morgan fingerprint density at radius 3 is 2.41 bits per heavy atom. The zero-order valence-electron chi connectivity index (χ0n) is 14.5. The molecule has 5 nitrogen and oxygen atoms in total. The minimum absolute atomic E-state index is 0.179. The standard InChI is InChI=1S/C20H16FN3O2S/c1-12-2-4-13(5-3-12)10-17-19(26)24(15-8-6-14(21)7-9-15)20(27-17)16(11-22)18(23)25/h2-9,17H,10H2,1H3,(H2,23,25)/b20-16+/t17-/m0/s1. The highest BCUT2D eigenvalue weighted by molar-refractivity contribution is 8.05. The number of nitrogens with zero attached hydrogens (tertiary/aromatic N) is 2. The number of anilines is 1. The predicted octanol–water partition coefficient (Wildman–Crippen LogP) is 3.05. The van der Waals surface area contributed by atoms with Crippen LogP contribution < -0.4 is 10.6 Å². The number of nitrogens with two attached hydrogens (primary N) is 1. The summed E-state index contributed by atoms with van der Waals surface area (Å²) in [7, 11) is 0. The number of carbonyl (C=O) groups is 2. The van der Waals surface area contributed by atoms with E-state index in [1.165, 1.54) is 29.2 Å². The molecule has 27 heavy (non-hydrogen) atoms. The van der Waals surface area contributed by atoms with Crippen LogP contribution in [0.1, 0.15) is 11.1 Å². The molecule has 1 heterocycles. The summed E-state index contributed by atoms with van der Waals surface area (Å²) in [6.45, 7) is 1.97. The van der Waals surface area contributed by atoms with E-state index >= 15 is 0 Å². The molecule has 0 unspecified atom stereocenters. The predicted molar refractivity (Wildman–Crippen MR) is 102 cm³/mol. The van der Waals surface area contributed by atoms with Crippen LogP contribution in [-0.2, 0) is 16.0 Å². The number of primary amides is 1. The molecule has 1 aliphatic heterocycles. The van der Waals surface area contributed by atoms with Gasteiger partial charge in [-0.15, -0.1) is 0 Å². The van der Waals surface area contributed by atoms with Crippen molar-refractivity contribution >= 4 is 29.3 Å². The zero-order chi connectivity index (χ0) is 19.6. The largest absolute Gasteiger partial charge is 0.365 e. The highest BCUT2D eigenvalue weighted by Gasteiger charge is 2.40. The van der Waals surface area contributed by atoms with Gasteiger partial charge in [0.25, 0.3) is 5.91 Å². The Morgan fingerprint density at radius 1 is 1.22 bits per heavy atom. The lowest BCUT2D eigenvalue weighted by molar-refractivity contribution is -0.117. The number of amides is 2. The number of carbonyl (C=O) groups excluding carboxylic acids is 2. The Kier molecular flexibility index (Phi) is 5.28. The number of thioether (sulfide) groups is 1. The Balaban J connectivity index is 2.01. The molecule has 1 aliphatic rings. The Labute approximate surface area is 160 Å². The topological polar surface area (TPSA) is 87.2 Å². The molecule has 2 aromatic rings. The molecule has 7 heteroatoms. The van der Waals surface area contributed by atoms with Crippen molar-refractivity contribution < 1.29 is 14.0 Å². The van der Waals surface area contributed by atoms with Gasteiger partial charge < -0.3 is 5.73 Å². The molecule has 0 radical (unpaired) electrons. The van der Waals surface area contributed by atoms with Gasteiger partial charge in [0.1, 0.15) is 22.5 Å². The van der Waals surface area contributed by atoms with Crippen LogP contribution in [0.5, 0.6) is 0 Å². The molecule has 3 rings (SSSR count). The second-order valence-corrected chi connectivity index (χ2v) is 7.29. The third-order valence-corrected chi connectivity index (χ3v) is 5.41. The summed E-state index contributed by atoms with van der Waals surface area (Å²) in [4.78, 5) is 26.0. The molecule has 0 aromatic heterocycles. The van der Waals surface area contributed by atoms with Crippen molar-refractivity contribution in [2.75, 3.05) is 4.90 Å². The Hall–Kier alpha value is -3.11. The smallest absolute Gasteiger partial charge is 0.262 e. The van der Waals surface area contributed by atoms with E-state index in [0.717, 1.165) is 22.9 Å². The number of rotatable bonds is 4. The SMILES string of the molecule is Cc1ccc(C[C@@H]2S/C(=C(\C#N)C(N)=O)N(c3ccc(F)cc3)C2=O)cc1. The summed E-state index contributed by atoms with van der Waals surface area (Å²) in [5.74, 6) is -1.64. The van der Waals surface area contributed by atoms with Gasteiger partial charge in [0.2, 0.25) is 5.91 Å². The van der Waals surface area contributed by atoms with Gasteiger partial charge in [-0.25, -0.2) is 4.39 Å². The van der Waals surface area contributed by atoms with Crippen molar-refractivity contribution in [2.45, 2.75) is 18.6 Å². The van der Waals surface area contributed by atoms with Gasteiger partial charge in [0, 0.05) is 5.69 Å². The average molecular weight is 381 g/mol. The van der Waals surface area contributed by atoms with Gasteiger partial charge in [0.15, 0.2) is 0 Å². The van der Waals surface area contributed by atoms with Crippen molar-refractivity contribution in [2.24, 2.45) is 5.73 Å². The van der Waals surface area contributed by atoms with E-state index in [1.807, 2.05) is 31.2 Å². The number of hydrogen-bond donors (Lipinski definition) is 1. The average Bonchev–Trinajstić information content (AvgIpc) is 2.94. The molecule has 0 bridgehead atoms. The van der Waals surface area contributed by atoms with E-state index in [2.05, 4.69) is 0 Å². The van der Waals surface area contributed by atoms with Gasteiger partial charge in [-0.05, 0) is 43.2 Å². The number of aryl methyl sites for hydroxylation is 1. The summed E-state index contributed by atoms with van der Waals surface area (Å²) in [5.41, 5.74) is 7.48. The first-order valence-electron chi connectivity index (χ1n) is 8.16. The lowest BCUT2D eigenvalue weighted by Gasteiger charge is -2.18. The minimum Gasteiger partial charge on any atom is -0.365 e. The van der Waals surface area contributed by atoms with E-state index in [4.69, 9.17) is 5.73 Å². The summed E-state index contributed by atoms with van der Waals surface area (Å²) >= 11 is 1.12. The molecular formula is C20H16FN3O2S. The van der Waals surface area contributed by atoms with Crippen molar-refractivity contribution in [1.29, 1.82) is 5.26 Å². The molecule has 0 spiro atoms. The third kappa shape index (κ3) is 3.86. The monoisotopic (exact) mass is 381 g/mol. The molecule has 2 N–H and O–H groups in total. The lowest BCUT2D eigenvalue weighted by atomic mass is 10.1. The van der Waals surface area contributed by atoms with Crippen molar-refractivity contribution in [3.8, 4) is 6.07 Å². The van der Waals surface area contributed by atoms with E-state index in [0.29, 0.717) is 12.1 Å². The maximum Gasteiger partial charge on any atom is 0.262 e. The molecular weight excluding hydrogens is 365 g/mol. The zero-order valence-corrected chi connectivity index (χ0v) is 15.3. The molecule has 2 aromatic carbocycles. The maximum absolute atomic E-state index is 13.3. The fourth-order valence-electron chi connectivity index (χ4n) is 2.76. The van der Waals surface area contributed by atoms with Crippen LogP contribution in [0.25, 0.3) is 0 Å². The minimum atomic E-state index is -0.907. The molecule has 1 fully saturated rings. The number of halogens is 1. The molecule has 0 aliphatic carbocycles. The molecule has 136 valence electrons. The summed E-state index contributed by atoms with van der Waals surface area (Å²) in [6.07, 6.45) is 0.433. The number of nitriles is 1. The van der Waals surface area contributed by atoms with E-state index in [9.17, 15) is 19.2 Å². The van der Waals surface area contributed by atoms with Crippen LogP contribution in [0.4, 0.5) is 10.1 Å². The lowest BCUT2D eigenvalue weighted by Crippen LogP contribution is -2.31. The van der Waals surface area contributed by atoms with Crippen LogP contribution in [0.3, 0.4) is 0 Å². The first kappa shape index (κ1) is 18.7. The molecule has 2 amide bonds. The first-order valence-corrected chi connectivity index (χ1v) is 9.04. The van der Waals surface area contributed by atoms with E-state index < -0.39 is 17.0 Å². The van der Waals surface area contributed by atoms with Crippen molar-refractivity contribution in [3.63, 3.8) is 0 Å². The van der Waals surface area contributed by atoms with Gasteiger partial charge >= 0.3 is 0 Å². The highest BCUT2D eigenvalue weighted by atomic mass is 32.2. The second kappa shape index (κ2) is 7.64. The Bertz CT molecular complexity index is 962. The van der Waals surface area contributed by atoms with Crippen LogP contribution in [0.15, 0.2) is 59.1 Å². The van der Waals surface area contributed by atoms with Crippen LogP contribution in [0.2, 0.25) is 0 Å². The van der Waals surface area contributed by atoms with E-state index in [-0.39, 0.29) is 16.5 Å². The van der Waals surface area contributed by atoms with E-state index in [1.54, 1.807) is 6.07 Å². The van der Waals surface area contributed by atoms with Gasteiger partial charge in [0.05, 0.1) is 5.25 Å². The van der Waals surface area contributed by atoms with Gasteiger partial charge in [-0.1, -0.05) is 41.6 Å². The molecule has 1 saturated heterocycles. The van der Waals surface area contributed by atoms with Gasteiger partial charge in [-0.2, -0.15) is 5.26 Å². The first-order chi connectivity index (χ1) is 12.9. The van der Waals surface area contributed by atoms with Gasteiger partial charge in [-0.3, -0.25) is 14.5 Å². The van der Waals surface area contributed by atoms with Crippen molar-refractivity contribution in [3.05, 3.63) is 76.1 Å². The van der Waals surface area contributed by atoms with Crippen LogP contribution >= 0.6 is 11.8 Å². The molecule has 1 atom stereocenters. The normalized spacial score (nSPS) is 18.3. The summed E-state index contributed by atoms with van der Waals surface area (Å²) < 4.78 is 13.3. The van der Waals surface area contributed by atoms with Crippen molar-refractivity contribution in [1.82, 2.24) is 0 Å². The Morgan fingerprint density at radius 2 is 1.85 bits per heavy atom.